The molecule has 2 unspecified atom stereocenters. The van der Waals surface area contributed by atoms with E-state index in [1.54, 1.807) is 4.68 Å². The van der Waals surface area contributed by atoms with Crippen LogP contribution in [-0.2, 0) is 11.8 Å². The summed E-state index contributed by atoms with van der Waals surface area (Å²) in [7, 11) is 1.89. The van der Waals surface area contributed by atoms with Crippen LogP contribution in [0.25, 0.3) is 0 Å². The Bertz CT molecular complexity index is 326. The molecular formula is C11H22N4O. The minimum absolute atomic E-state index is 0.0985. The Kier molecular flexibility index (Phi) is 4.46. The third-order valence-corrected chi connectivity index (χ3v) is 2.98. The van der Waals surface area contributed by atoms with Crippen LogP contribution in [0.4, 0.5) is 0 Å². The van der Waals surface area contributed by atoms with Gasteiger partial charge in [-0.2, -0.15) is 5.10 Å². The maximum atomic E-state index is 5.80. The van der Waals surface area contributed by atoms with Crippen molar-refractivity contribution in [2.75, 3.05) is 6.61 Å². The van der Waals surface area contributed by atoms with Crippen LogP contribution >= 0.6 is 0 Å². The summed E-state index contributed by atoms with van der Waals surface area (Å²) in [5.74, 6) is 5.63. The van der Waals surface area contributed by atoms with Gasteiger partial charge < -0.3 is 4.74 Å². The van der Waals surface area contributed by atoms with Crippen molar-refractivity contribution < 1.29 is 4.74 Å². The topological polar surface area (TPSA) is 65.1 Å². The van der Waals surface area contributed by atoms with Gasteiger partial charge in [-0.15, -0.1) is 0 Å². The van der Waals surface area contributed by atoms with Crippen molar-refractivity contribution in [3.63, 3.8) is 0 Å². The molecule has 5 nitrogen and oxygen atoms in total. The number of ether oxygens (including phenoxy) is 1. The summed E-state index contributed by atoms with van der Waals surface area (Å²) < 4.78 is 7.57. The zero-order valence-corrected chi connectivity index (χ0v) is 10.5. The Balaban J connectivity index is 2.95. The summed E-state index contributed by atoms with van der Waals surface area (Å²) in [6, 6.07) is 1.86. The molecule has 0 aliphatic carbocycles. The monoisotopic (exact) mass is 226 g/mol. The van der Waals surface area contributed by atoms with Gasteiger partial charge in [-0.1, -0.05) is 6.92 Å². The fourth-order valence-electron chi connectivity index (χ4n) is 1.88. The van der Waals surface area contributed by atoms with E-state index in [4.69, 9.17) is 10.6 Å². The van der Waals surface area contributed by atoms with Gasteiger partial charge in [-0.25, -0.2) is 5.43 Å². The number of hydrogen-bond donors (Lipinski definition) is 2. The number of hydrazine groups is 1. The lowest BCUT2D eigenvalue weighted by Crippen LogP contribution is -2.46. The lowest BCUT2D eigenvalue weighted by atomic mass is 9.91. The maximum absolute atomic E-state index is 5.80. The van der Waals surface area contributed by atoms with Crippen molar-refractivity contribution in [3.05, 3.63) is 18.0 Å². The molecule has 1 aromatic heterocycles. The molecule has 2 atom stereocenters. The third-order valence-electron chi connectivity index (χ3n) is 2.98. The van der Waals surface area contributed by atoms with Gasteiger partial charge in [0.1, 0.15) is 0 Å². The number of rotatable bonds is 6. The predicted molar refractivity (Wildman–Crippen MR) is 63.6 cm³/mol. The smallest absolute Gasteiger partial charge is 0.0937 e. The molecular weight excluding hydrogens is 204 g/mol. The van der Waals surface area contributed by atoms with Crippen LogP contribution in [0.5, 0.6) is 0 Å². The molecule has 0 bridgehead atoms. The van der Waals surface area contributed by atoms with Crippen LogP contribution in [0.3, 0.4) is 0 Å². The average molecular weight is 226 g/mol. The first-order valence-corrected chi connectivity index (χ1v) is 5.67. The minimum Gasteiger partial charge on any atom is -0.373 e. The van der Waals surface area contributed by atoms with E-state index in [0.717, 1.165) is 12.1 Å². The van der Waals surface area contributed by atoms with Gasteiger partial charge in [0, 0.05) is 19.9 Å². The molecule has 0 aromatic carbocycles. The van der Waals surface area contributed by atoms with Crippen molar-refractivity contribution in [1.82, 2.24) is 15.2 Å². The van der Waals surface area contributed by atoms with Crippen LogP contribution in [0.1, 0.15) is 38.9 Å². The molecule has 0 aliphatic heterocycles. The van der Waals surface area contributed by atoms with Gasteiger partial charge in [-0.3, -0.25) is 10.5 Å². The molecule has 0 saturated carbocycles. The predicted octanol–water partition coefficient (Wildman–Crippen LogP) is 1.13. The molecule has 0 aliphatic rings. The van der Waals surface area contributed by atoms with Crippen molar-refractivity contribution in [2.45, 2.75) is 38.8 Å². The largest absolute Gasteiger partial charge is 0.373 e. The standard InChI is InChI=1S/C11H22N4O/c1-5-11(3,16-6-2)10(13-12)9-7-8-15(4)14-9/h7-8,10,13H,5-6,12H2,1-4H3. The second kappa shape index (κ2) is 5.43. The second-order valence-corrected chi connectivity index (χ2v) is 4.11. The van der Waals surface area contributed by atoms with E-state index in [1.165, 1.54) is 0 Å². The highest BCUT2D eigenvalue weighted by Gasteiger charge is 2.35. The molecule has 1 rings (SSSR count). The molecule has 92 valence electrons. The molecule has 0 radical (unpaired) electrons. The van der Waals surface area contributed by atoms with Gasteiger partial charge in [0.2, 0.25) is 0 Å². The molecule has 5 heteroatoms. The molecule has 1 aromatic rings. The van der Waals surface area contributed by atoms with Crippen LogP contribution < -0.4 is 11.3 Å². The van der Waals surface area contributed by atoms with E-state index >= 15 is 0 Å². The summed E-state index contributed by atoms with van der Waals surface area (Å²) in [6.07, 6.45) is 2.77. The Hall–Kier alpha value is -0.910. The van der Waals surface area contributed by atoms with Gasteiger partial charge in [-0.05, 0) is 26.3 Å². The highest BCUT2D eigenvalue weighted by atomic mass is 16.5. The van der Waals surface area contributed by atoms with E-state index in [1.807, 2.05) is 26.2 Å². The lowest BCUT2D eigenvalue weighted by molar-refractivity contribution is -0.0574. The number of hydrogen-bond acceptors (Lipinski definition) is 4. The highest BCUT2D eigenvalue weighted by molar-refractivity contribution is 5.10. The van der Waals surface area contributed by atoms with Crippen molar-refractivity contribution in [3.8, 4) is 0 Å². The molecule has 16 heavy (non-hydrogen) atoms. The summed E-state index contributed by atoms with van der Waals surface area (Å²) in [5, 5.41) is 4.37. The van der Waals surface area contributed by atoms with Gasteiger partial charge >= 0.3 is 0 Å². The minimum atomic E-state index is -0.335. The first-order valence-electron chi connectivity index (χ1n) is 5.67. The molecule has 0 spiro atoms. The number of nitrogens with zero attached hydrogens (tertiary/aromatic N) is 2. The normalized spacial score (nSPS) is 17.1. The van der Waals surface area contributed by atoms with E-state index < -0.39 is 0 Å². The fraction of sp³-hybridized carbons (Fsp3) is 0.727. The van der Waals surface area contributed by atoms with E-state index in [9.17, 15) is 0 Å². The van der Waals surface area contributed by atoms with Gasteiger partial charge in [0.15, 0.2) is 0 Å². The van der Waals surface area contributed by atoms with Crippen molar-refractivity contribution in [2.24, 2.45) is 12.9 Å². The van der Waals surface area contributed by atoms with E-state index in [-0.39, 0.29) is 11.6 Å². The first kappa shape index (κ1) is 13.2. The molecule has 0 amide bonds. The molecule has 3 N–H and O–H groups in total. The van der Waals surface area contributed by atoms with E-state index in [0.29, 0.717) is 6.61 Å². The Morgan fingerprint density at radius 3 is 2.69 bits per heavy atom. The fourth-order valence-corrected chi connectivity index (χ4v) is 1.88. The summed E-state index contributed by atoms with van der Waals surface area (Å²) in [6.45, 7) is 6.79. The maximum Gasteiger partial charge on any atom is 0.0937 e. The first-order chi connectivity index (χ1) is 7.57. The zero-order chi connectivity index (χ0) is 12.2. The molecule has 0 fully saturated rings. The van der Waals surface area contributed by atoms with Crippen LogP contribution in [0.15, 0.2) is 12.3 Å². The SMILES string of the molecule is CCOC(C)(CC)C(NN)c1ccn(C)n1. The number of aryl methyl sites for hydroxylation is 1. The molecule has 1 heterocycles. The third kappa shape index (κ3) is 2.61. The van der Waals surface area contributed by atoms with Crippen molar-refractivity contribution >= 4 is 0 Å². The second-order valence-electron chi connectivity index (χ2n) is 4.11. The summed E-state index contributed by atoms with van der Waals surface area (Å²) in [4.78, 5) is 0. The van der Waals surface area contributed by atoms with Crippen LogP contribution in [0, 0.1) is 0 Å². The molecule has 0 saturated heterocycles. The Morgan fingerprint density at radius 1 is 1.62 bits per heavy atom. The average Bonchev–Trinajstić information content (AvgIpc) is 2.66. The van der Waals surface area contributed by atoms with Crippen LogP contribution in [0.2, 0.25) is 0 Å². The Morgan fingerprint density at radius 2 is 2.31 bits per heavy atom. The highest BCUT2D eigenvalue weighted by Crippen LogP contribution is 2.30. The number of aromatic nitrogens is 2. The van der Waals surface area contributed by atoms with Crippen molar-refractivity contribution in [1.29, 1.82) is 0 Å². The zero-order valence-electron chi connectivity index (χ0n) is 10.5. The number of nitrogens with two attached hydrogens (primary N) is 1. The Labute approximate surface area is 96.9 Å². The summed E-state index contributed by atoms with van der Waals surface area (Å²) >= 11 is 0. The van der Waals surface area contributed by atoms with Crippen LogP contribution in [-0.4, -0.2) is 22.0 Å². The van der Waals surface area contributed by atoms with E-state index in [2.05, 4.69) is 24.4 Å². The quantitative estimate of drug-likeness (QED) is 0.564. The summed E-state index contributed by atoms with van der Waals surface area (Å²) in [5.41, 5.74) is 3.38. The lowest BCUT2D eigenvalue weighted by Gasteiger charge is -2.35. The van der Waals surface area contributed by atoms with Gasteiger partial charge in [0.05, 0.1) is 17.3 Å². The van der Waals surface area contributed by atoms with Gasteiger partial charge in [0.25, 0.3) is 0 Å². The number of nitrogens with one attached hydrogen (secondary N) is 1.